The molecule has 2 aliphatic carbocycles. The summed E-state index contributed by atoms with van der Waals surface area (Å²) in [6.07, 6.45) is 1.58. The number of halogens is 2. The first kappa shape index (κ1) is 24.6. The van der Waals surface area contributed by atoms with Crippen molar-refractivity contribution < 1.29 is 23.1 Å². The molecule has 1 amide bonds. The third-order valence-electron chi connectivity index (χ3n) is 6.55. The molecule has 0 radical (unpaired) electrons. The smallest absolute Gasteiger partial charge is 0.307 e. The number of benzene rings is 2. The number of amides is 1. The molecule has 0 spiro atoms. The summed E-state index contributed by atoms with van der Waals surface area (Å²) in [5, 5.41) is 13.2. The Hall–Kier alpha value is -2.55. The topological polar surface area (TPSA) is 113 Å². The lowest BCUT2D eigenvalue weighted by Gasteiger charge is -2.26. The van der Waals surface area contributed by atoms with E-state index in [9.17, 15) is 23.1 Å². The number of fused-ring (bicyclic) bond motifs is 2. The zero-order valence-electron chi connectivity index (χ0n) is 18.5. The maximum Gasteiger partial charge on any atom is 0.307 e. The standard InChI is InChI=1S/C24H24Cl2N2O5S/c1-12(2)20-18-7-8-19(20)22(24(30)31)21(18)23(29)27-15-3-5-17(6-4-15)34(32,33)28-16-10-13(25)9-14(26)11-16/h3-6,9-11,18-19,21-22,28H,7-8H2,1-2H3,(H,27,29)(H,30,31)/t18-,19+,21+,22-/m0/s1. The van der Waals surface area contributed by atoms with Gasteiger partial charge in [0.15, 0.2) is 0 Å². The van der Waals surface area contributed by atoms with Crippen LogP contribution in [0.25, 0.3) is 0 Å². The number of carbonyl (C=O) groups is 2. The number of carboxylic acid groups (broad SMARTS) is 1. The highest BCUT2D eigenvalue weighted by Crippen LogP contribution is 2.57. The van der Waals surface area contributed by atoms with E-state index in [-0.39, 0.29) is 28.3 Å². The molecule has 180 valence electrons. The van der Waals surface area contributed by atoms with Gasteiger partial charge in [0, 0.05) is 15.7 Å². The summed E-state index contributed by atoms with van der Waals surface area (Å²) < 4.78 is 27.9. The molecule has 2 bridgehead atoms. The van der Waals surface area contributed by atoms with Crippen LogP contribution in [0.3, 0.4) is 0 Å². The minimum absolute atomic E-state index is 0.0169. The van der Waals surface area contributed by atoms with E-state index in [2.05, 4.69) is 10.0 Å². The van der Waals surface area contributed by atoms with E-state index in [1.165, 1.54) is 42.5 Å². The van der Waals surface area contributed by atoms with Crippen LogP contribution in [-0.4, -0.2) is 25.4 Å². The lowest BCUT2D eigenvalue weighted by Crippen LogP contribution is -2.37. The summed E-state index contributed by atoms with van der Waals surface area (Å²) in [4.78, 5) is 25.1. The molecule has 2 fully saturated rings. The molecule has 2 aliphatic rings. The van der Waals surface area contributed by atoms with Gasteiger partial charge in [-0.25, -0.2) is 8.42 Å². The van der Waals surface area contributed by atoms with Gasteiger partial charge in [0.2, 0.25) is 5.91 Å². The van der Waals surface area contributed by atoms with E-state index < -0.39 is 27.8 Å². The molecule has 0 saturated heterocycles. The maximum absolute atomic E-state index is 13.1. The van der Waals surface area contributed by atoms with Crippen molar-refractivity contribution in [2.75, 3.05) is 10.0 Å². The lowest BCUT2D eigenvalue weighted by atomic mass is 9.78. The molecular formula is C24H24Cl2N2O5S. The first-order valence-electron chi connectivity index (χ1n) is 10.8. The third-order valence-corrected chi connectivity index (χ3v) is 8.39. The second kappa shape index (κ2) is 9.24. The zero-order valence-corrected chi connectivity index (χ0v) is 20.8. The van der Waals surface area contributed by atoms with Crippen LogP contribution >= 0.6 is 23.2 Å². The van der Waals surface area contributed by atoms with Crippen LogP contribution in [0.4, 0.5) is 11.4 Å². The van der Waals surface area contributed by atoms with Crippen LogP contribution < -0.4 is 10.0 Å². The second-order valence-electron chi connectivity index (χ2n) is 8.91. The molecule has 0 heterocycles. The van der Waals surface area contributed by atoms with Gasteiger partial charge in [-0.2, -0.15) is 0 Å². The minimum atomic E-state index is -3.92. The minimum Gasteiger partial charge on any atom is -0.481 e. The summed E-state index contributed by atoms with van der Waals surface area (Å²) >= 11 is 11.9. The quantitative estimate of drug-likeness (QED) is 0.438. The van der Waals surface area contributed by atoms with E-state index in [4.69, 9.17) is 23.2 Å². The number of anilines is 2. The highest BCUT2D eigenvalue weighted by atomic mass is 35.5. The van der Waals surface area contributed by atoms with Crippen molar-refractivity contribution in [2.45, 2.75) is 31.6 Å². The zero-order chi connectivity index (χ0) is 24.8. The van der Waals surface area contributed by atoms with E-state index >= 15 is 0 Å². The van der Waals surface area contributed by atoms with Crippen LogP contribution in [-0.2, 0) is 19.6 Å². The van der Waals surface area contributed by atoms with Crippen LogP contribution in [0.2, 0.25) is 10.0 Å². The molecule has 4 rings (SSSR count). The van der Waals surface area contributed by atoms with Gasteiger partial charge in [0.05, 0.1) is 22.4 Å². The summed E-state index contributed by atoms with van der Waals surface area (Å²) in [6, 6.07) is 10.0. The monoisotopic (exact) mass is 522 g/mol. The molecule has 0 aliphatic heterocycles. The Morgan fingerprint density at radius 2 is 1.47 bits per heavy atom. The van der Waals surface area contributed by atoms with E-state index in [0.717, 1.165) is 24.0 Å². The molecular weight excluding hydrogens is 499 g/mol. The number of hydrogen-bond donors (Lipinski definition) is 3. The van der Waals surface area contributed by atoms with Crippen molar-refractivity contribution in [1.82, 2.24) is 0 Å². The molecule has 2 saturated carbocycles. The van der Waals surface area contributed by atoms with Crippen LogP contribution in [0, 0.1) is 23.7 Å². The molecule has 0 aromatic heterocycles. The molecule has 10 heteroatoms. The van der Waals surface area contributed by atoms with Gasteiger partial charge in [-0.05, 0) is 81.0 Å². The Labute approximate surface area is 208 Å². The van der Waals surface area contributed by atoms with Crippen molar-refractivity contribution in [3.63, 3.8) is 0 Å². The van der Waals surface area contributed by atoms with Crippen LogP contribution in [0.5, 0.6) is 0 Å². The van der Waals surface area contributed by atoms with Crippen molar-refractivity contribution in [3.05, 3.63) is 63.7 Å². The Morgan fingerprint density at radius 1 is 0.912 bits per heavy atom. The van der Waals surface area contributed by atoms with Crippen LogP contribution in [0.15, 0.2) is 58.5 Å². The second-order valence-corrected chi connectivity index (χ2v) is 11.5. The van der Waals surface area contributed by atoms with Gasteiger partial charge in [-0.3, -0.25) is 14.3 Å². The fourth-order valence-electron chi connectivity index (χ4n) is 5.37. The van der Waals surface area contributed by atoms with E-state index in [0.29, 0.717) is 15.7 Å². The van der Waals surface area contributed by atoms with Gasteiger partial charge in [0.25, 0.3) is 10.0 Å². The van der Waals surface area contributed by atoms with Crippen LogP contribution in [0.1, 0.15) is 26.7 Å². The Morgan fingerprint density at radius 3 is 2.00 bits per heavy atom. The predicted molar refractivity (Wildman–Crippen MR) is 132 cm³/mol. The van der Waals surface area contributed by atoms with E-state index in [1.807, 2.05) is 13.8 Å². The van der Waals surface area contributed by atoms with Gasteiger partial charge >= 0.3 is 5.97 Å². The van der Waals surface area contributed by atoms with Crippen molar-refractivity contribution in [1.29, 1.82) is 0 Å². The van der Waals surface area contributed by atoms with Crippen molar-refractivity contribution in [2.24, 2.45) is 23.7 Å². The van der Waals surface area contributed by atoms with Gasteiger partial charge in [0.1, 0.15) is 0 Å². The summed E-state index contributed by atoms with van der Waals surface area (Å²) in [7, 11) is -3.92. The maximum atomic E-state index is 13.1. The molecule has 4 atom stereocenters. The molecule has 2 aromatic carbocycles. The number of rotatable bonds is 6. The summed E-state index contributed by atoms with van der Waals surface area (Å²) in [5.74, 6) is -2.91. The molecule has 7 nitrogen and oxygen atoms in total. The largest absolute Gasteiger partial charge is 0.481 e. The average molecular weight is 523 g/mol. The normalized spacial score (nSPS) is 23.6. The molecule has 3 N–H and O–H groups in total. The first-order chi connectivity index (χ1) is 16.0. The Kier molecular flexibility index (Phi) is 6.68. The third kappa shape index (κ3) is 4.67. The highest BCUT2D eigenvalue weighted by Gasteiger charge is 2.57. The number of carbonyl (C=O) groups excluding carboxylic acids is 1. The summed E-state index contributed by atoms with van der Waals surface area (Å²) in [6.45, 7) is 3.93. The number of carboxylic acids is 1. The van der Waals surface area contributed by atoms with Gasteiger partial charge < -0.3 is 10.4 Å². The Balaban J connectivity index is 1.51. The molecule has 34 heavy (non-hydrogen) atoms. The van der Waals surface area contributed by atoms with Gasteiger partial charge in [-0.1, -0.05) is 34.3 Å². The first-order valence-corrected chi connectivity index (χ1v) is 13.0. The number of allylic oxidation sites excluding steroid dienone is 2. The average Bonchev–Trinajstić information content (AvgIpc) is 3.29. The fraction of sp³-hybridized carbons (Fsp3) is 0.333. The number of nitrogens with one attached hydrogen (secondary N) is 2. The molecule has 2 aromatic rings. The fourth-order valence-corrected chi connectivity index (χ4v) is 6.94. The van der Waals surface area contributed by atoms with Crippen molar-refractivity contribution in [3.8, 4) is 0 Å². The molecule has 0 unspecified atom stereocenters. The predicted octanol–water partition coefficient (Wildman–Crippen LogP) is 5.43. The number of hydrogen-bond acceptors (Lipinski definition) is 4. The summed E-state index contributed by atoms with van der Waals surface area (Å²) in [5.41, 5.74) is 2.79. The SMILES string of the molecule is CC(C)=C1[C@H]2CC[C@@H]1[C@@H](C(=O)Nc1ccc(S(=O)(=O)Nc3cc(Cl)cc(Cl)c3)cc1)[C@H]2C(=O)O. The lowest BCUT2D eigenvalue weighted by molar-refractivity contribution is -0.148. The number of sulfonamides is 1. The highest BCUT2D eigenvalue weighted by molar-refractivity contribution is 7.92. The van der Waals surface area contributed by atoms with Gasteiger partial charge in [-0.15, -0.1) is 0 Å². The number of aliphatic carboxylic acids is 1. The van der Waals surface area contributed by atoms with E-state index in [1.54, 1.807) is 0 Å². The van der Waals surface area contributed by atoms with Crippen molar-refractivity contribution >= 4 is 56.5 Å². The Bertz CT molecular complexity index is 1270.